The van der Waals surface area contributed by atoms with Gasteiger partial charge in [-0.3, -0.25) is 0 Å². The second-order valence-electron chi connectivity index (χ2n) is 0. The molecular weight excluding hydrogens is 361 g/mol. The van der Waals surface area contributed by atoms with Crippen molar-refractivity contribution in [3.05, 3.63) is 0 Å². The summed E-state index contributed by atoms with van der Waals surface area (Å²) in [6.07, 6.45) is 0. The van der Waals surface area contributed by atoms with E-state index < -0.39 is 0 Å². The minimum absolute atomic E-state index is 0. The van der Waals surface area contributed by atoms with E-state index in [0.717, 1.165) is 0 Å². The molecule has 0 fully saturated rings. The fourth-order valence-corrected chi connectivity index (χ4v) is 0. The van der Waals surface area contributed by atoms with Crippen LogP contribution >= 0.6 is 0 Å². The molecule has 0 aromatic heterocycles. The Morgan fingerprint density at radius 3 is 1.00 bits per heavy atom. The van der Waals surface area contributed by atoms with Gasteiger partial charge in [-0.05, 0) is 0 Å². The zero-order valence-electron chi connectivity index (χ0n) is 2.01. The Balaban J connectivity index is 0. The predicted octanol–water partition coefficient (Wildman–Crippen LogP) is -1.21. The molecule has 0 aromatic rings. The third kappa shape index (κ3) is 9.04. The van der Waals surface area contributed by atoms with Gasteiger partial charge in [-0.25, -0.2) is 0 Å². The molecule has 0 aromatic carbocycles. The van der Waals surface area contributed by atoms with Crippen molar-refractivity contribution in [3.8, 4) is 0 Å². The van der Waals surface area contributed by atoms with Gasteiger partial charge in [0.2, 0.25) is 0 Å². The normalized spacial score (nSPS) is 0. The molecular formula is H2BaCuNdO. The first-order chi connectivity index (χ1) is 0. The fourth-order valence-electron chi connectivity index (χ4n) is 0. The predicted molar refractivity (Wildman–Crippen MR) is 9.37 cm³/mol. The van der Waals surface area contributed by atoms with Gasteiger partial charge in [-0.15, -0.1) is 0 Å². The summed E-state index contributed by atoms with van der Waals surface area (Å²) < 4.78 is 0. The van der Waals surface area contributed by atoms with Crippen LogP contribution in [0.15, 0.2) is 0 Å². The summed E-state index contributed by atoms with van der Waals surface area (Å²) in [5.41, 5.74) is 0. The first-order valence-corrected chi connectivity index (χ1v) is 0. The topological polar surface area (TPSA) is 31.5 Å². The van der Waals surface area contributed by atoms with Crippen molar-refractivity contribution >= 4 is 48.9 Å². The van der Waals surface area contributed by atoms with Crippen LogP contribution in [0.1, 0.15) is 0 Å². The Kier molecular flexibility index (Phi) is 106. The van der Waals surface area contributed by atoms with Gasteiger partial charge in [-0.2, -0.15) is 0 Å². The Labute approximate surface area is 109 Å². The van der Waals surface area contributed by atoms with Crippen molar-refractivity contribution in [2.24, 2.45) is 0 Å². The molecule has 0 aliphatic rings. The molecule has 1 nitrogen and oxygen atoms in total. The van der Waals surface area contributed by atoms with Gasteiger partial charge in [0.05, 0.1) is 0 Å². The third-order valence-electron chi connectivity index (χ3n) is 0. The molecule has 0 spiro atoms. The average Bonchev–Trinajstić information content (AvgIpc) is 0. The van der Waals surface area contributed by atoms with Crippen LogP contribution in [0.4, 0.5) is 0 Å². The molecule has 2 N–H and O–H groups in total. The number of hydrogen-bond acceptors (Lipinski definition) is 0. The van der Waals surface area contributed by atoms with Crippen molar-refractivity contribution in [2.75, 3.05) is 0 Å². The number of rotatable bonds is 0. The van der Waals surface area contributed by atoms with Crippen LogP contribution in [0.3, 0.4) is 0 Å². The maximum absolute atomic E-state index is 0. The Morgan fingerprint density at radius 2 is 1.00 bits per heavy atom. The molecule has 0 bridgehead atoms. The summed E-state index contributed by atoms with van der Waals surface area (Å²) in [4.78, 5) is 0. The van der Waals surface area contributed by atoms with E-state index in [1.54, 1.807) is 0 Å². The van der Waals surface area contributed by atoms with E-state index in [0.29, 0.717) is 0 Å². The van der Waals surface area contributed by atoms with E-state index in [1.807, 2.05) is 0 Å². The third-order valence-corrected chi connectivity index (χ3v) is 0. The van der Waals surface area contributed by atoms with Crippen molar-refractivity contribution in [1.82, 2.24) is 0 Å². The van der Waals surface area contributed by atoms with E-state index >= 15 is 0 Å². The summed E-state index contributed by atoms with van der Waals surface area (Å²) in [5, 5.41) is 0. The van der Waals surface area contributed by atoms with Gasteiger partial charge in [0, 0.05) is 107 Å². The van der Waals surface area contributed by atoms with Crippen molar-refractivity contribution < 1.29 is 63.4 Å². The molecule has 4 heteroatoms. The summed E-state index contributed by atoms with van der Waals surface area (Å²) in [6.45, 7) is 0. The van der Waals surface area contributed by atoms with Gasteiger partial charge in [-0.1, -0.05) is 0 Å². The zero-order valence-corrected chi connectivity index (χ0v) is 10.6. The van der Waals surface area contributed by atoms with Gasteiger partial charge in [0.15, 0.2) is 0 Å². The Morgan fingerprint density at radius 1 is 1.00 bits per heavy atom. The summed E-state index contributed by atoms with van der Waals surface area (Å²) in [5.74, 6) is 0. The van der Waals surface area contributed by atoms with E-state index in [2.05, 4.69) is 0 Å². The van der Waals surface area contributed by atoms with Gasteiger partial charge >= 0.3 is 0 Å². The first-order valence-electron chi connectivity index (χ1n) is 0. The van der Waals surface area contributed by atoms with E-state index in [4.69, 9.17) is 0 Å². The molecule has 0 saturated carbocycles. The zero-order chi connectivity index (χ0) is 0. The first kappa shape index (κ1) is 26.2. The van der Waals surface area contributed by atoms with E-state index in [-0.39, 0.29) is 112 Å². The van der Waals surface area contributed by atoms with Gasteiger partial charge < -0.3 is 5.48 Å². The molecule has 0 unspecified atom stereocenters. The SMILES string of the molecule is O.[Ba].[Cu].[Nd]. The van der Waals surface area contributed by atoms with Gasteiger partial charge in [0.25, 0.3) is 0 Å². The van der Waals surface area contributed by atoms with Crippen LogP contribution < -0.4 is 0 Å². The van der Waals surface area contributed by atoms with Crippen LogP contribution in [0, 0.1) is 40.8 Å². The average molecular weight is 363 g/mol. The standard InChI is InChI=1S/Ba.Cu.Nd.H2O/h;;;1H2. The van der Waals surface area contributed by atoms with E-state index in [9.17, 15) is 0 Å². The minimum atomic E-state index is 0. The molecule has 3 radical (unpaired) electrons. The number of hydrogen-bond donors (Lipinski definition) is 0. The summed E-state index contributed by atoms with van der Waals surface area (Å²) >= 11 is 0. The Hall–Kier alpha value is 3.40. The molecule has 0 rings (SSSR count). The smallest absolute Gasteiger partial charge is 0 e. The fraction of sp³-hybridized carbons (Fsp3) is 0. The van der Waals surface area contributed by atoms with Crippen LogP contribution in [-0.4, -0.2) is 54.4 Å². The molecule has 0 heterocycles. The second-order valence-corrected chi connectivity index (χ2v) is 0. The van der Waals surface area contributed by atoms with Crippen molar-refractivity contribution in [3.63, 3.8) is 0 Å². The molecule has 0 amide bonds. The van der Waals surface area contributed by atoms with Crippen LogP contribution in [-0.2, 0) is 17.1 Å². The largest absolute Gasteiger partial charge is 0.412 e. The molecule has 0 saturated heterocycles. The van der Waals surface area contributed by atoms with Crippen molar-refractivity contribution in [1.29, 1.82) is 0 Å². The molecule has 4 heavy (non-hydrogen) atoms. The van der Waals surface area contributed by atoms with Crippen LogP contribution in [0.25, 0.3) is 0 Å². The second kappa shape index (κ2) is 16.1. The quantitative estimate of drug-likeness (QED) is 0.484. The van der Waals surface area contributed by atoms with Crippen molar-refractivity contribution in [2.45, 2.75) is 0 Å². The molecule has 0 aliphatic heterocycles. The van der Waals surface area contributed by atoms with Crippen LogP contribution in [0.5, 0.6) is 0 Å². The molecule has 25 valence electrons. The maximum atomic E-state index is 0. The summed E-state index contributed by atoms with van der Waals surface area (Å²) in [7, 11) is 0. The summed E-state index contributed by atoms with van der Waals surface area (Å²) in [6, 6.07) is 0. The minimum Gasteiger partial charge on any atom is -0.412 e. The van der Waals surface area contributed by atoms with Gasteiger partial charge in [0.1, 0.15) is 0 Å². The molecule has 0 atom stereocenters. The van der Waals surface area contributed by atoms with Crippen LogP contribution in [0.2, 0.25) is 0 Å². The molecule has 0 aliphatic carbocycles. The Bertz CT molecular complexity index is 8.00. The van der Waals surface area contributed by atoms with E-state index in [1.165, 1.54) is 0 Å². The maximum Gasteiger partial charge on any atom is 0 e. The monoisotopic (exact) mass is 361 g/mol.